The minimum absolute atomic E-state index is 0.416. The predicted molar refractivity (Wildman–Crippen MR) is 58.9 cm³/mol. The molecule has 0 radical (unpaired) electrons. The molecule has 0 bridgehead atoms. The van der Waals surface area contributed by atoms with Crippen LogP contribution in [0.2, 0.25) is 0 Å². The first-order valence-corrected chi connectivity index (χ1v) is 5.25. The first-order valence-electron chi connectivity index (χ1n) is 4.43. The van der Waals surface area contributed by atoms with Crippen molar-refractivity contribution in [2.24, 2.45) is 0 Å². The zero-order valence-electron chi connectivity index (χ0n) is 8.35. The van der Waals surface area contributed by atoms with Gasteiger partial charge in [0.15, 0.2) is 0 Å². The van der Waals surface area contributed by atoms with Crippen LogP contribution in [-0.4, -0.2) is 6.54 Å². The third-order valence-electron chi connectivity index (χ3n) is 1.86. The van der Waals surface area contributed by atoms with Gasteiger partial charge in [0.05, 0.1) is 6.54 Å². The maximum atomic E-state index is 3.35. The lowest BCUT2D eigenvalue weighted by molar-refractivity contribution is 0.633. The van der Waals surface area contributed by atoms with E-state index >= 15 is 0 Å². The van der Waals surface area contributed by atoms with E-state index in [1.54, 1.807) is 0 Å². The van der Waals surface area contributed by atoms with Crippen molar-refractivity contribution in [2.75, 3.05) is 6.54 Å². The van der Waals surface area contributed by atoms with E-state index in [0.717, 1.165) is 6.54 Å². The van der Waals surface area contributed by atoms with Crippen LogP contribution < -0.4 is 5.32 Å². The predicted octanol–water partition coefficient (Wildman–Crippen LogP) is 2.73. The lowest BCUT2D eigenvalue weighted by Gasteiger charge is -2.08. The number of thiophene rings is 1. The Morgan fingerprint density at radius 2 is 2.31 bits per heavy atom. The van der Waals surface area contributed by atoms with Gasteiger partial charge < -0.3 is 0 Å². The molecule has 70 valence electrons. The van der Waals surface area contributed by atoms with Crippen LogP contribution in [0.3, 0.4) is 0 Å². The molecule has 1 N–H and O–H groups in total. The van der Waals surface area contributed by atoms with Gasteiger partial charge in [-0.1, -0.05) is 5.92 Å². The van der Waals surface area contributed by atoms with Gasteiger partial charge in [0.1, 0.15) is 0 Å². The molecule has 0 amide bonds. The Kier molecular flexibility index (Phi) is 4.01. The van der Waals surface area contributed by atoms with Gasteiger partial charge in [-0.15, -0.1) is 17.3 Å². The quantitative estimate of drug-likeness (QED) is 0.728. The SMILES string of the molecule is CC#CCNC(C)c1ccc(C)s1. The molecule has 1 aromatic rings. The molecule has 0 spiro atoms. The lowest BCUT2D eigenvalue weighted by atomic mass is 10.3. The molecule has 1 aromatic heterocycles. The van der Waals surface area contributed by atoms with E-state index in [9.17, 15) is 0 Å². The van der Waals surface area contributed by atoms with Crippen molar-refractivity contribution in [3.8, 4) is 11.8 Å². The molecule has 13 heavy (non-hydrogen) atoms. The Morgan fingerprint density at radius 1 is 1.54 bits per heavy atom. The van der Waals surface area contributed by atoms with Gasteiger partial charge in [-0.2, -0.15) is 0 Å². The van der Waals surface area contributed by atoms with Gasteiger partial charge in [-0.05, 0) is 32.9 Å². The highest BCUT2D eigenvalue weighted by atomic mass is 32.1. The maximum absolute atomic E-state index is 3.35. The van der Waals surface area contributed by atoms with Crippen LogP contribution >= 0.6 is 11.3 Å². The number of hydrogen-bond donors (Lipinski definition) is 1. The lowest BCUT2D eigenvalue weighted by Crippen LogP contribution is -2.17. The normalized spacial score (nSPS) is 11.9. The second-order valence-corrected chi connectivity index (χ2v) is 4.30. The molecule has 1 atom stereocenters. The Balaban J connectivity index is 2.47. The molecule has 0 fully saturated rings. The Hall–Kier alpha value is -0.780. The first-order chi connectivity index (χ1) is 6.24. The number of hydrogen-bond acceptors (Lipinski definition) is 2. The largest absolute Gasteiger partial charge is 0.299 e. The van der Waals surface area contributed by atoms with Gasteiger partial charge in [0.2, 0.25) is 0 Å². The minimum atomic E-state index is 0.416. The van der Waals surface area contributed by atoms with Crippen molar-refractivity contribution in [3.63, 3.8) is 0 Å². The van der Waals surface area contributed by atoms with Crippen molar-refractivity contribution in [1.82, 2.24) is 5.32 Å². The highest BCUT2D eigenvalue weighted by Gasteiger charge is 2.04. The van der Waals surface area contributed by atoms with Gasteiger partial charge in [-0.3, -0.25) is 5.32 Å². The second kappa shape index (κ2) is 5.06. The van der Waals surface area contributed by atoms with Crippen LogP contribution in [0.1, 0.15) is 29.6 Å². The molecule has 1 unspecified atom stereocenters. The summed E-state index contributed by atoms with van der Waals surface area (Å²) in [5.74, 6) is 5.87. The zero-order chi connectivity index (χ0) is 9.68. The smallest absolute Gasteiger partial charge is 0.0581 e. The number of aryl methyl sites for hydroxylation is 1. The van der Waals surface area contributed by atoms with E-state index in [1.165, 1.54) is 9.75 Å². The van der Waals surface area contributed by atoms with Gasteiger partial charge in [0.25, 0.3) is 0 Å². The molecule has 0 aliphatic carbocycles. The summed E-state index contributed by atoms with van der Waals surface area (Å²) >= 11 is 1.84. The fourth-order valence-corrected chi connectivity index (χ4v) is 1.98. The van der Waals surface area contributed by atoms with Crippen LogP contribution in [0, 0.1) is 18.8 Å². The van der Waals surface area contributed by atoms with Gasteiger partial charge in [0, 0.05) is 15.8 Å². The molecule has 0 aliphatic rings. The number of rotatable bonds is 3. The highest BCUT2D eigenvalue weighted by Crippen LogP contribution is 2.21. The molecular weight excluding hydrogens is 178 g/mol. The van der Waals surface area contributed by atoms with Gasteiger partial charge >= 0.3 is 0 Å². The molecule has 2 heteroatoms. The summed E-state index contributed by atoms with van der Waals surface area (Å²) in [5.41, 5.74) is 0. The van der Waals surface area contributed by atoms with Crippen molar-refractivity contribution in [1.29, 1.82) is 0 Å². The van der Waals surface area contributed by atoms with E-state index < -0.39 is 0 Å². The molecule has 1 nitrogen and oxygen atoms in total. The van der Waals surface area contributed by atoms with E-state index in [-0.39, 0.29) is 0 Å². The van der Waals surface area contributed by atoms with Crippen LogP contribution in [0.5, 0.6) is 0 Å². The van der Waals surface area contributed by atoms with E-state index in [4.69, 9.17) is 0 Å². The summed E-state index contributed by atoms with van der Waals surface area (Å²) in [6, 6.07) is 4.75. The Morgan fingerprint density at radius 3 is 2.85 bits per heavy atom. The van der Waals surface area contributed by atoms with Crippen LogP contribution in [0.15, 0.2) is 12.1 Å². The van der Waals surface area contributed by atoms with E-state index in [0.29, 0.717) is 6.04 Å². The second-order valence-electron chi connectivity index (χ2n) is 2.98. The summed E-state index contributed by atoms with van der Waals surface area (Å²) in [5, 5.41) is 3.35. The molecule has 0 saturated heterocycles. The Labute approximate surface area is 84.2 Å². The minimum Gasteiger partial charge on any atom is -0.299 e. The van der Waals surface area contributed by atoms with Crippen LogP contribution in [0.25, 0.3) is 0 Å². The van der Waals surface area contributed by atoms with E-state index in [2.05, 4.69) is 43.1 Å². The maximum Gasteiger partial charge on any atom is 0.0581 e. The zero-order valence-corrected chi connectivity index (χ0v) is 9.16. The fourth-order valence-electron chi connectivity index (χ4n) is 1.08. The molecule has 0 aromatic carbocycles. The van der Waals surface area contributed by atoms with Crippen molar-refractivity contribution in [3.05, 3.63) is 21.9 Å². The molecular formula is C11H15NS. The first kappa shape index (κ1) is 10.3. The van der Waals surface area contributed by atoms with Gasteiger partial charge in [-0.25, -0.2) is 0 Å². The van der Waals surface area contributed by atoms with Crippen molar-refractivity contribution < 1.29 is 0 Å². The molecule has 0 aliphatic heterocycles. The molecule has 1 heterocycles. The summed E-state index contributed by atoms with van der Waals surface area (Å²) in [4.78, 5) is 2.75. The topological polar surface area (TPSA) is 12.0 Å². The standard InChI is InChI=1S/C11H15NS/c1-4-5-8-12-10(3)11-7-6-9(2)13-11/h6-7,10,12H,8H2,1-3H3. The summed E-state index contributed by atoms with van der Waals surface area (Å²) in [6.45, 7) is 6.94. The van der Waals surface area contributed by atoms with Crippen LogP contribution in [-0.2, 0) is 0 Å². The summed E-state index contributed by atoms with van der Waals surface area (Å²) < 4.78 is 0. The number of nitrogens with one attached hydrogen (secondary N) is 1. The fraction of sp³-hybridized carbons (Fsp3) is 0.455. The summed E-state index contributed by atoms with van der Waals surface area (Å²) in [7, 11) is 0. The molecule has 1 rings (SSSR count). The monoisotopic (exact) mass is 193 g/mol. The third kappa shape index (κ3) is 3.22. The summed E-state index contributed by atoms with van der Waals surface area (Å²) in [6.07, 6.45) is 0. The van der Waals surface area contributed by atoms with E-state index in [1.807, 2.05) is 18.3 Å². The van der Waals surface area contributed by atoms with Crippen molar-refractivity contribution in [2.45, 2.75) is 26.8 Å². The van der Waals surface area contributed by atoms with Crippen molar-refractivity contribution >= 4 is 11.3 Å². The Bertz CT molecular complexity index is 316. The third-order valence-corrected chi connectivity index (χ3v) is 3.04. The highest BCUT2D eigenvalue weighted by molar-refractivity contribution is 7.12. The average Bonchev–Trinajstić information content (AvgIpc) is 2.52. The van der Waals surface area contributed by atoms with Crippen LogP contribution in [0.4, 0.5) is 0 Å². The average molecular weight is 193 g/mol. The molecule has 0 saturated carbocycles.